The number of anilines is 1. The molecule has 0 amide bonds. The quantitative estimate of drug-likeness (QED) is 0.869. The van der Waals surface area contributed by atoms with Crippen LogP contribution in [0.2, 0.25) is 0 Å². The highest BCUT2D eigenvalue weighted by Gasteiger charge is 2.38. The lowest BCUT2D eigenvalue weighted by atomic mass is 10.1. The number of nitrogens with two attached hydrogens (primary N) is 1. The summed E-state index contributed by atoms with van der Waals surface area (Å²) in [6.45, 7) is 5.98. The topological polar surface area (TPSA) is 75.4 Å². The smallest absolute Gasteiger partial charge is 0.302 e. The van der Waals surface area contributed by atoms with Crippen molar-refractivity contribution in [1.29, 1.82) is 0 Å². The maximum atomic E-state index is 12.6. The first-order valence-electron chi connectivity index (χ1n) is 6.85. The van der Waals surface area contributed by atoms with Crippen LogP contribution in [0.15, 0.2) is 24.3 Å². The van der Waals surface area contributed by atoms with Gasteiger partial charge in [-0.15, -0.1) is 0 Å². The van der Waals surface area contributed by atoms with Gasteiger partial charge in [-0.2, -0.15) is 13.1 Å². The lowest BCUT2D eigenvalue weighted by Gasteiger charge is -2.29. The fourth-order valence-electron chi connectivity index (χ4n) is 2.07. The Morgan fingerprint density at radius 1 is 1.25 bits per heavy atom. The van der Waals surface area contributed by atoms with E-state index in [4.69, 9.17) is 5.73 Å². The summed E-state index contributed by atoms with van der Waals surface area (Å²) in [5, 5.41) is 0. The fourth-order valence-corrected chi connectivity index (χ4v) is 3.94. The van der Waals surface area contributed by atoms with Gasteiger partial charge in [0.1, 0.15) is 0 Å². The monoisotopic (exact) mass is 297 g/mol. The Bertz CT molecular complexity index is 557. The van der Waals surface area contributed by atoms with Crippen LogP contribution in [-0.4, -0.2) is 20.0 Å². The van der Waals surface area contributed by atoms with Crippen molar-refractivity contribution in [3.05, 3.63) is 29.8 Å². The summed E-state index contributed by atoms with van der Waals surface area (Å²) in [7, 11) is -3.54. The van der Waals surface area contributed by atoms with Gasteiger partial charge in [-0.3, -0.25) is 4.31 Å². The molecule has 1 aliphatic carbocycles. The van der Waals surface area contributed by atoms with Crippen LogP contribution in [0, 0.1) is 0 Å². The van der Waals surface area contributed by atoms with Crippen molar-refractivity contribution < 1.29 is 8.42 Å². The molecule has 5 nitrogen and oxygen atoms in total. The van der Waals surface area contributed by atoms with E-state index in [0.29, 0.717) is 12.2 Å². The minimum atomic E-state index is -3.54. The van der Waals surface area contributed by atoms with Crippen LogP contribution >= 0.6 is 0 Å². The van der Waals surface area contributed by atoms with E-state index in [9.17, 15) is 8.42 Å². The zero-order chi connectivity index (χ0) is 15.0. The zero-order valence-corrected chi connectivity index (χ0v) is 13.1. The second-order valence-electron chi connectivity index (χ2n) is 6.25. The summed E-state index contributed by atoms with van der Waals surface area (Å²) >= 11 is 0. The molecule has 0 spiro atoms. The molecule has 0 unspecified atom stereocenters. The van der Waals surface area contributed by atoms with Gasteiger partial charge in [0.2, 0.25) is 0 Å². The van der Waals surface area contributed by atoms with Gasteiger partial charge >= 0.3 is 10.2 Å². The Kier molecular flexibility index (Phi) is 4.09. The molecule has 1 fully saturated rings. The summed E-state index contributed by atoms with van der Waals surface area (Å²) in [4.78, 5) is 0. The van der Waals surface area contributed by atoms with Crippen LogP contribution in [0.5, 0.6) is 0 Å². The third kappa shape index (κ3) is 3.71. The van der Waals surface area contributed by atoms with Crippen molar-refractivity contribution in [1.82, 2.24) is 4.72 Å². The summed E-state index contributed by atoms with van der Waals surface area (Å²) in [6.07, 6.45) is 1.81. The first-order chi connectivity index (χ1) is 9.23. The first kappa shape index (κ1) is 15.3. The Hall–Kier alpha value is -1.11. The lowest BCUT2D eigenvalue weighted by molar-refractivity contribution is 0.488. The van der Waals surface area contributed by atoms with Crippen LogP contribution in [0.3, 0.4) is 0 Å². The lowest BCUT2D eigenvalue weighted by Crippen LogP contribution is -2.49. The summed E-state index contributed by atoms with van der Waals surface area (Å²) in [5.74, 6) is 0. The maximum absolute atomic E-state index is 12.6. The van der Waals surface area contributed by atoms with Gasteiger partial charge in [0.15, 0.2) is 0 Å². The highest BCUT2D eigenvalue weighted by molar-refractivity contribution is 7.91. The number of rotatable bonds is 5. The molecule has 1 aliphatic rings. The minimum absolute atomic E-state index is 0.0681. The Balaban J connectivity index is 2.31. The van der Waals surface area contributed by atoms with E-state index in [2.05, 4.69) is 4.72 Å². The SMILES string of the molecule is CC(C)(C)NS(=O)(=O)N(c1ccc(CN)cc1)C1CC1. The highest BCUT2D eigenvalue weighted by atomic mass is 32.2. The van der Waals surface area contributed by atoms with E-state index < -0.39 is 15.7 Å². The van der Waals surface area contributed by atoms with Crippen molar-refractivity contribution in [2.45, 2.75) is 51.7 Å². The number of nitrogens with one attached hydrogen (secondary N) is 1. The van der Waals surface area contributed by atoms with E-state index in [-0.39, 0.29) is 6.04 Å². The van der Waals surface area contributed by atoms with Gasteiger partial charge in [0.25, 0.3) is 0 Å². The molecule has 2 rings (SSSR count). The average Bonchev–Trinajstić information content (AvgIpc) is 3.11. The molecule has 0 saturated heterocycles. The van der Waals surface area contributed by atoms with Crippen LogP contribution in [0.4, 0.5) is 5.69 Å². The summed E-state index contributed by atoms with van der Waals surface area (Å²) in [5.41, 5.74) is 6.76. The molecule has 1 saturated carbocycles. The first-order valence-corrected chi connectivity index (χ1v) is 8.29. The molecule has 0 atom stereocenters. The van der Waals surface area contributed by atoms with Crippen LogP contribution < -0.4 is 14.8 Å². The third-order valence-electron chi connectivity index (χ3n) is 3.00. The van der Waals surface area contributed by atoms with Crippen molar-refractivity contribution >= 4 is 15.9 Å². The van der Waals surface area contributed by atoms with Crippen LogP contribution in [-0.2, 0) is 16.8 Å². The Labute approximate surface area is 121 Å². The zero-order valence-electron chi connectivity index (χ0n) is 12.3. The molecule has 6 heteroatoms. The van der Waals surface area contributed by atoms with Gasteiger partial charge in [0, 0.05) is 18.1 Å². The van der Waals surface area contributed by atoms with Crippen molar-refractivity contribution in [3.63, 3.8) is 0 Å². The number of hydrogen-bond acceptors (Lipinski definition) is 3. The van der Waals surface area contributed by atoms with Gasteiger partial charge in [-0.05, 0) is 51.3 Å². The van der Waals surface area contributed by atoms with Gasteiger partial charge < -0.3 is 5.73 Å². The molecule has 20 heavy (non-hydrogen) atoms. The molecule has 0 radical (unpaired) electrons. The van der Waals surface area contributed by atoms with E-state index in [1.807, 2.05) is 45.0 Å². The van der Waals surface area contributed by atoms with Crippen LogP contribution in [0.1, 0.15) is 39.2 Å². The van der Waals surface area contributed by atoms with E-state index in [1.165, 1.54) is 4.31 Å². The minimum Gasteiger partial charge on any atom is -0.326 e. The van der Waals surface area contributed by atoms with E-state index in [0.717, 1.165) is 18.4 Å². The molecule has 3 N–H and O–H groups in total. The number of benzene rings is 1. The van der Waals surface area contributed by atoms with Crippen molar-refractivity contribution in [3.8, 4) is 0 Å². The number of hydrogen-bond donors (Lipinski definition) is 2. The largest absolute Gasteiger partial charge is 0.326 e. The van der Waals surface area contributed by atoms with Gasteiger partial charge in [-0.1, -0.05) is 12.1 Å². The average molecular weight is 297 g/mol. The Morgan fingerprint density at radius 3 is 2.20 bits per heavy atom. The van der Waals surface area contributed by atoms with E-state index >= 15 is 0 Å². The molecule has 0 aromatic heterocycles. The second kappa shape index (κ2) is 5.35. The molecule has 0 bridgehead atoms. The molecule has 1 aromatic carbocycles. The number of nitrogens with zero attached hydrogens (tertiary/aromatic N) is 1. The molecule has 1 aromatic rings. The molecular formula is C14H23N3O2S. The normalized spacial score (nSPS) is 16.2. The second-order valence-corrected chi connectivity index (χ2v) is 7.80. The molecular weight excluding hydrogens is 274 g/mol. The third-order valence-corrected chi connectivity index (χ3v) is 4.90. The maximum Gasteiger partial charge on any atom is 0.302 e. The standard InChI is InChI=1S/C14H23N3O2S/c1-14(2,3)16-20(18,19)17(13-8-9-13)12-6-4-11(10-15)5-7-12/h4-7,13,16H,8-10,15H2,1-3H3. The predicted molar refractivity (Wildman–Crippen MR) is 81.6 cm³/mol. The van der Waals surface area contributed by atoms with Crippen LogP contribution in [0.25, 0.3) is 0 Å². The van der Waals surface area contributed by atoms with Gasteiger partial charge in [-0.25, -0.2) is 0 Å². The van der Waals surface area contributed by atoms with Crippen molar-refractivity contribution in [2.75, 3.05) is 4.31 Å². The predicted octanol–water partition coefficient (Wildman–Crippen LogP) is 1.75. The molecule has 112 valence electrons. The summed E-state index contributed by atoms with van der Waals surface area (Å²) in [6, 6.07) is 7.46. The highest BCUT2D eigenvalue weighted by Crippen LogP contribution is 2.34. The fraction of sp³-hybridized carbons (Fsp3) is 0.571. The van der Waals surface area contributed by atoms with Gasteiger partial charge in [0.05, 0.1) is 5.69 Å². The molecule has 0 aliphatic heterocycles. The molecule has 0 heterocycles. The van der Waals surface area contributed by atoms with Crippen molar-refractivity contribution in [2.24, 2.45) is 5.73 Å². The Morgan fingerprint density at radius 2 is 1.80 bits per heavy atom. The summed E-state index contributed by atoms with van der Waals surface area (Å²) < 4.78 is 29.4. The van der Waals surface area contributed by atoms with E-state index in [1.54, 1.807) is 0 Å².